The normalized spacial score (nSPS) is 11.4. The molecule has 0 unspecified atom stereocenters. The molecule has 0 aliphatic heterocycles. The average molecular weight is 297 g/mol. The lowest BCUT2D eigenvalue weighted by molar-refractivity contribution is -0.385. The number of rotatable bonds is 5. The van der Waals surface area contributed by atoms with Crippen LogP contribution in [0.15, 0.2) is 35.5 Å². The number of anilines is 1. The minimum Gasteiger partial charge on any atom is -0.398 e. The highest BCUT2D eigenvalue weighted by atomic mass is 32.2. The molecule has 0 saturated heterocycles. The maximum atomic E-state index is 12.1. The molecule has 106 valence electrons. The molecule has 0 fully saturated rings. The van der Waals surface area contributed by atoms with Gasteiger partial charge in [-0.3, -0.25) is 15.2 Å². The first-order chi connectivity index (χ1) is 9.40. The third-order valence-electron chi connectivity index (χ3n) is 2.52. The number of aromatic amines is 1. The van der Waals surface area contributed by atoms with Gasteiger partial charge >= 0.3 is 0 Å². The van der Waals surface area contributed by atoms with Crippen LogP contribution in [-0.2, 0) is 16.6 Å². The van der Waals surface area contributed by atoms with Crippen molar-refractivity contribution in [3.8, 4) is 0 Å². The van der Waals surface area contributed by atoms with E-state index in [1.165, 1.54) is 18.5 Å². The van der Waals surface area contributed by atoms with Crippen LogP contribution in [0.4, 0.5) is 11.4 Å². The summed E-state index contributed by atoms with van der Waals surface area (Å²) >= 11 is 0. The highest BCUT2D eigenvalue weighted by Gasteiger charge is 2.21. The minimum absolute atomic E-state index is 0.000958. The first-order valence-corrected chi connectivity index (χ1v) is 6.90. The van der Waals surface area contributed by atoms with Gasteiger partial charge in [-0.25, -0.2) is 13.1 Å². The van der Waals surface area contributed by atoms with E-state index in [0.717, 1.165) is 12.1 Å². The predicted octanol–water partition coefficient (Wildman–Crippen LogP) is 0.379. The van der Waals surface area contributed by atoms with Gasteiger partial charge in [-0.05, 0) is 6.07 Å². The maximum Gasteiger partial charge on any atom is 0.270 e. The molecule has 1 aromatic heterocycles. The van der Waals surface area contributed by atoms with E-state index in [1.807, 2.05) is 0 Å². The van der Waals surface area contributed by atoms with Crippen LogP contribution in [0, 0.1) is 10.1 Å². The van der Waals surface area contributed by atoms with Crippen molar-refractivity contribution >= 4 is 21.4 Å². The summed E-state index contributed by atoms with van der Waals surface area (Å²) in [5, 5.41) is 16.9. The Kier molecular flexibility index (Phi) is 3.68. The molecule has 0 saturated carbocycles. The summed E-state index contributed by atoms with van der Waals surface area (Å²) in [4.78, 5) is 9.66. The zero-order valence-electron chi connectivity index (χ0n) is 10.1. The van der Waals surface area contributed by atoms with E-state index in [2.05, 4.69) is 14.9 Å². The quantitative estimate of drug-likeness (QED) is 0.413. The number of nitrogen functional groups attached to an aromatic ring is 1. The molecule has 0 spiro atoms. The van der Waals surface area contributed by atoms with Crippen molar-refractivity contribution < 1.29 is 13.3 Å². The van der Waals surface area contributed by atoms with E-state index in [-0.39, 0.29) is 22.8 Å². The molecule has 0 bridgehead atoms. The molecule has 4 N–H and O–H groups in total. The number of nitro groups is 1. The Hall–Kier alpha value is -2.46. The second-order valence-electron chi connectivity index (χ2n) is 3.91. The van der Waals surface area contributed by atoms with Crippen LogP contribution >= 0.6 is 0 Å². The molecule has 0 radical (unpaired) electrons. The molecule has 10 heteroatoms. The fourth-order valence-electron chi connectivity index (χ4n) is 1.50. The first kappa shape index (κ1) is 14.0. The van der Waals surface area contributed by atoms with Gasteiger partial charge in [-0.1, -0.05) is 0 Å². The number of sulfonamides is 1. The number of H-pyrrole nitrogens is 1. The van der Waals surface area contributed by atoms with E-state index in [0.29, 0.717) is 5.56 Å². The summed E-state index contributed by atoms with van der Waals surface area (Å²) in [6, 6.07) is 3.25. The van der Waals surface area contributed by atoms with Gasteiger partial charge < -0.3 is 5.73 Å². The summed E-state index contributed by atoms with van der Waals surface area (Å²) in [7, 11) is -3.94. The monoisotopic (exact) mass is 297 g/mol. The molecule has 2 rings (SSSR count). The van der Waals surface area contributed by atoms with Gasteiger partial charge in [-0.2, -0.15) is 5.10 Å². The number of benzene rings is 1. The Bertz CT molecular complexity index is 726. The Morgan fingerprint density at radius 1 is 1.45 bits per heavy atom. The first-order valence-electron chi connectivity index (χ1n) is 5.41. The lowest BCUT2D eigenvalue weighted by atomic mass is 10.3. The Balaban J connectivity index is 2.28. The number of nitrogens with one attached hydrogen (secondary N) is 2. The molecular formula is C10H11N5O4S. The molecular weight excluding hydrogens is 286 g/mol. The van der Waals surface area contributed by atoms with Crippen LogP contribution in [0.2, 0.25) is 0 Å². The summed E-state index contributed by atoms with van der Waals surface area (Å²) in [6.45, 7) is 0.000958. The zero-order chi connectivity index (χ0) is 14.8. The van der Waals surface area contributed by atoms with Crippen molar-refractivity contribution in [2.75, 3.05) is 5.73 Å². The third-order valence-corrected chi connectivity index (χ3v) is 3.98. The molecule has 20 heavy (non-hydrogen) atoms. The summed E-state index contributed by atoms with van der Waals surface area (Å²) < 4.78 is 26.5. The Morgan fingerprint density at radius 3 is 2.80 bits per heavy atom. The fourth-order valence-corrected chi connectivity index (χ4v) is 2.67. The fraction of sp³-hybridized carbons (Fsp3) is 0.100. The number of hydrogen-bond donors (Lipinski definition) is 3. The number of non-ortho nitro benzene ring substituents is 1. The molecule has 9 nitrogen and oxygen atoms in total. The van der Waals surface area contributed by atoms with E-state index in [1.54, 1.807) is 0 Å². The standard InChI is InChI=1S/C10H11N5O4S/c11-9-2-1-8(15(16)17)3-10(9)20(18,19)14-6-7-4-12-13-5-7/h1-5,14H,6,11H2,(H,12,13). The van der Waals surface area contributed by atoms with E-state index < -0.39 is 14.9 Å². The van der Waals surface area contributed by atoms with Crippen LogP contribution in [0.3, 0.4) is 0 Å². The minimum atomic E-state index is -3.94. The second kappa shape index (κ2) is 5.27. The van der Waals surface area contributed by atoms with Crippen molar-refractivity contribution in [2.24, 2.45) is 0 Å². The average Bonchev–Trinajstić information content (AvgIpc) is 2.89. The van der Waals surface area contributed by atoms with Crippen molar-refractivity contribution in [2.45, 2.75) is 11.4 Å². The van der Waals surface area contributed by atoms with Gasteiger partial charge in [0.2, 0.25) is 10.0 Å². The van der Waals surface area contributed by atoms with Crippen LogP contribution in [0.1, 0.15) is 5.56 Å². The smallest absolute Gasteiger partial charge is 0.270 e. The number of nitro benzene ring substituents is 1. The molecule has 0 atom stereocenters. The maximum absolute atomic E-state index is 12.1. The lowest BCUT2D eigenvalue weighted by Crippen LogP contribution is -2.24. The van der Waals surface area contributed by atoms with Crippen LogP contribution in [-0.4, -0.2) is 23.5 Å². The molecule has 1 aromatic carbocycles. The summed E-state index contributed by atoms with van der Waals surface area (Å²) in [5.41, 5.74) is 5.78. The van der Waals surface area contributed by atoms with Gasteiger partial charge in [0.15, 0.2) is 0 Å². The van der Waals surface area contributed by atoms with Gasteiger partial charge in [0, 0.05) is 30.4 Å². The van der Waals surface area contributed by atoms with Gasteiger partial charge in [0.05, 0.1) is 16.8 Å². The summed E-state index contributed by atoms with van der Waals surface area (Å²) in [6.07, 6.45) is 2.98. The molecule has 0 aliphatic rings. The molecule has 1 heterocycles. The SMILES string of the molecule is Nc1ccc([N+](=O)[O-])cc1S(=O)(=O)NCc1cn[nH]c1. The van der Waals surface area contributed by atoms with Gasteiger partial charge in [0.25, 0.3) is 5.69 Å². The zero-order valence-corrected chi connectivity index (χ0v) is 10.9. The molecule has 0 aliphatic carbocycles. The number of nitrogens with zero attached hydrogens (tertiary/aromatic N) is 2. The van der Waals surface area contributed by atoms with Crippen molar-refractivity contribution in [3.63, 3.8) is 0 Å². The third kappa shape index (κ3) is 2.92. The van der Waals surface area contributed by atoms with E-state index in [4.69, 9.17) is 5.73 Å². The Morgan fingerprint density at radius 2 is 2.20 bits per heavy atom. The van der Waals surface area contributed by atoms with Crippen LogP contribution in [0.25, 0.3) is 0 Å². The predicted molar refractivity (Wildman–Crippen MR) is 70.1 cm³/mol. The van der Waals surface area contributed by atoms with E-state index >= 15 is 0 Å². The number of nitrogens with two attached hydrogens (primary N) is 1. The topological polar surface area (TPSA) is 144 Å². The highest BCUT2D eigenvalue weighted by molar-refractivity contribution is 7.89. The highest BCUT2D eigenvalue weighted by Crippen LogP contribution is 2.23. The molecule has 2 aromatic rings. The van der Waals surface area contributed by atoms with Crippen LogP contribution < -0.4 is 10.5 Å². The molecule has 0 amide bonds. The summed E-state index contributed by atoms with van der Waals surface area (Å²) in [5.74, 6) is 0. The van der Waals surface area contributed by atoms with E-state index in [9.17, 15) is 18.5 Å². The Labute approximate surface area is 114 Å². The van der Waals surface area contributed by atoms with Gasteiger partial charge in [-0.15, -0.1) is 0 Å². The lowest BCUT2D eigenvalue weighted by Gasteiger charge is -2.08. The number of aromatic nitrogens is 2. The van der Waals surface area contributed by atoms with Crippen LogP contribution in [0.5, 0.6) is 0 Å². The second-order valence-corrected chi connectivity index (χ2v) is 5.65. The van der Waals surface area contributed by atoms with Gasteiger partial charge in [0.1, 0.15) is 4.90 Å². The largest absolute Gasteiger partial charge is 0.398 e. The van der Waals surface area contributed by atoms with Crippen molar-refractivity contribution in [3.05, 3.63) is 46.3 Å². The number of hydrogen-bond acceptors (Lipinski definition) is 6. The van der Waals surface area contributed by atoms with Crippen molar-refractivity contribution in [1.29, 1.82) is 0 Å². The van der Waals surface area contributed by atoms with Crippen molar-refractivity contribution in [1.82, 2.24) is 14.9 Å².